The summed E-state index contributed by atoms with van der Waals surface area (Å²) in [7, 11) is 1.64. The third-order valence-corrected chi connectivity index (χ3v) is 5.00. The number of benzene rings is 1. The van der Waals surface area contributed by atoms with Crippen LogP contribution in [0.1, 0.15) is 24.8 Å². The van der Waals surface area contributed by atoms with Crippen molar-refractivity contribution in [1.29, 1.82) is 0 Å². The number of likely N-dealkylation sites (tertiary alicyclic amines) is 1. The molecule has 0 amide bonds. The number of rotatable bonds is 11. The van der Waals surface area contributed by atoms with Crippen molar-refractivity contribution in [1.82, 2.24) is 10.2 Å². The highest BCUT2D eigenvalue weighted by molar-refractivity contribution is 7.98. The Morgan fingerprint density at radius 2 is 2.04 bits per heavy atom. The van der Waals surface area contributed by atoms with Crippen LogP contribution < -0.4 is 14.8 Å². The highest BCUT2D eigenvalue weighted by Gasteiger charge is 2.16. The van der Waals surface area contributed by atoms with E-state index in [1.54, 1.807) is 7.11 Å². The van der Waals surface area contributed by atoms with Gasteiger partial charge in [-0.05, 0) is 49.9 Å². The van der Waals surface area contributed by atoms with Crippen LogP contribution in [0.25, 0.3) is 0 Å². The summed E-state index contributed by atoms with van der Waals surface area (Å²) in [5, 5.41) is 13.7. The first kappa shape index (κ1) is 20.4. The summed E-state index contributed by atoms with van der Waals surface area (Å²) in [5.74, 6) is 2.50. The van der Waals surface area contributed by atoms with E-state index in [9.17, 15) is 5.11 Å². The van der Waals surface area contributed by atoms with Crippen molar-refractivity contribution >= 4 is 11.8 Å². The molecular weight excluding hydrogens is 336 g/mol. The van der Waals surface area contributed by atoms with Crippen LogP contribution >= 0.6 is 11.8 Å². The van der Waals surface area contributed by atoms with Crippen molar-refractivity contribution in [2.45, 2.75) is 31.9 Å². The molecule has 1 heterocycles. The number of β-amino-alcohol motifs (C(OH)–C–C–N with tert-alkyl or cyclic N) is 1. The topological polar surface area (TPSA) is 54.0 Å². The van der Waals surface area contributed by atoms with Gasteiger partial charge in [-0.3, -0.25) is 0 Å². The van der Waals surface area contributed by atoms with Gasteiger partial charge in [-0.15, -0.1) is 0 Å². The first-order chi connectivity index (χ1) is 12.2. The van der Waals surface area contributed by atoms with E-state index in [4.69, 9.17) is 9.47 Å². The molecule has 2 N–H and O–H groups in total. The molecule has 0 bridgehead atoms. The second-order valence-corrected chi connectivity index (χ2v) is 7.47. The van der Waals surface area contributed by atoms with Crippen LogP contribution in [0.3, 0.4) is 0 Å². The molecule has 0 unspecified atom stereocenters. The van der Waals surface area contributed by atoms with Crippen molar-refractivity contribution in [3.63, 3.8) is 0 Å². The molecule has 1 fully saturated rings. The zero-order valence-corrected chi connectivity index (χ0v) is 16.3. The van der Waals surface area contributed by atoms with Crippen molar-refractivity contribution in [2.24, 2.45) is 0 Å². The van der Waals surface area contributed by atoms with Gasteiger partial charge in [0.1, 0.15) is 12.7 Å². The average molecular weight is 369 g/mol. The van der Waals surface area contributed by atoms with Crippen LogP contribution in [0, 0.1) is 0 Å². The van der Waals surface area contributed by atoms with Gasteiger partial charge in [0.25, 0.3) is 0 Å². The monoisotopic (exact) mass is 368 g/mol. The Morgan fingerprint density at radius 1 is 1.24 bits per heavy atom. The minimum Gasteiger partial charge on any atom is -0.493 e. The van der Waals surface area contributed by atoms with Crippen LogP contribution in [-0.2, 0) is 6.54 Å². The molecule has 0 saturated carbocycles. The van der Waals surface area contributed by atoms with Crippen LogP contribution in [0.2, 0.25) is 0 Å². The van der Waals surface area contributed by atoms with E-state index in [0.717, 1.165) is 37.5 Å². The van der Waals surface area contributed by atoms with E-state index < -0.39 is 6.10 Å². The Hall–Kier alpha value is -0.950. The first-order valence-corrected chi connectivity index (χ1v) is 10.5. The first-order valence-electron chi connectivity index (χ1n) is 9.12. The van der Waals surface area contributed by atoms with Crippen LogP contribution in [0.4, 0.5) is 0 Å². The minimum absolute atomic E-state index is 0.288. The average Bonchev–Trinajstić information content (AvgIpc) is 2.64. The number of thioether (sulfide) groups is 1. The molecule has 2 rings (SSSR count). The van der Waals surface area contributed by atoms with Crippen molar-refractivity contribution in [3.05, 3.63) is 23.8 Å². The molecule has 1 atom stereocenters. The third kappa shape index (κ3) is 7.44. The summed E-state index contributed by atoms with van der Waals surface area (Å²) < 4.78 is 11.3. The lowest BCUT2D eigenvalue weighted by Gasteiger charge is -2.28. The Labute approximate surface area is 156 Å². The Kier molecular flexibility index (Phi) is 9.47. The molecule has 0 radical (unpaired) electrons. The highest BCUT2D eigenvalue weighted by Crippen LogP contribution is 2.28. The second kappa shape index (κ2) is 11.6. The number of methoxy groups -OCH3 is 1. The van der Waals surface area contributed by atoms with Crippen molar-refractivity contribution in [3.8, 4) is 11.5 Å². The van der Waals surface area contributed by atoms with E-state index in [-0.39, 0.29) is 6.61 Å². The number of aliphatic hydroxyl groups excluding tert-OH is 1. The van der Waals surface area contributed by atoms with Gasteiger partial charge in [0.15, 0.2) is 11.5 Å². The molecular formula is C19H32N2O3S. The van der Waals surface area contributed by atoms with Gasteiger partial charge in [0.05, 0.1) is 7.11 Å². The number of piperidine rings is 1. The second-order valence-electron chi connectivity index (χ2n) is 6.48. The SMILES string of the molecule is COc1ccc(CNCCSC)cc1OC[C@@H](O)CN1CCCCC1. The molecule has 1 aromatic rings. The van der Waals surface area contributed by atoms with Gasteiger partial charge in [0, 0.05) is 25.4 Å². The van der Waals surface area contributed by atoms with Crippen LogP contribution in [0.15, 0.2) is 18.2 Å². The minimum atomic E-state index is -0.480. The standard InChI is InChI=1S/C19H32N2O3S/c1-23-18-7-6-16(13-20-8-11-25-2)12-19(18)24-15-17(22)14-21-9-4-3-5-10-21/h6-7,12,17,20,22H,3-5,8-11,13-15H2,1-2H3/t17-/m0/s1. The molecule has 0 aliphatic carbocycles. The van der Waals surface area contributed by atoms with Gasteiger partial charge in [-0.2, -0.15) is 11.8 Å². The zero-order valence-electron chi connectivity index (χ0n) is 15.5. The lowest BCUT2D eigenvalue weighted by molar-refractivity contribution is 0.0608. The van der Waals surface area contributed by atoms with Crippen molar-refractivity contribution in [2.75, 3.05) is 51.9 Å². The zero-order chi connectivity index (χ0) is 17.9. The van der Waals surface area contributed by atoms with Crippen LogP contribution in [-0.4, -0.2) is 68.0 Å². The summed E-state index contributed by atoms with van der Waals surface area (Å²) in [4.78, 5) is 2.32. The molecule has 1 aliphatic rings. The molecule has 1 aliphatic heterocycles. The summed E-state index contributed by atoms with van der Waals surface area (Å²) in [5.41, 5.74) is 1.16. The van der Waals surface area contributed by atoms with Gasteiger partial charge < -0.3 is 24.8 Å². The summed E-state index contributed by atoms with van der Waals surface area (Å²) in [6.45, 7) is 4.92. The third-order valence-electron chi connectivity index (χ3n) is 4.39. The molecule has 25 heavy (non-hydrogen) atoms. The molecule has 0 aromatic heterocycles. The quantitative estimate of drug-likeness (QED) is 0.585. The maximum Gasteiger partial charge on any atom is 0.161 e. The van der Waals surface area contributed by atoms with E-state index in [1.807, 2.05) is 30.0 Å². The number of hydrogen-bond donors (Lipinski definition) is 2. The van der Waals surface area contributed by atoms with E-state index in [0.29, 0.717) is 18.0 Å². The predicted molar refractivity (Wildman–Crippen MR) is 105 cm³/mol. The molecule has 0 spiro atoms. The molecule has 1 aromatic carbocycles. The largest absolute Gasteiger partial charge is 0.493 e. The number of hydrogen-bond acceptors (Lipinski definition) is 6. The number of aliphatic hydroxyl groups is 1. The summed E-state index contributed by atoms with van der Waals surface area (Å²) in [6.07, 6.45) is 5.39. The van der Waals surface area contributed by atoms with Crippen molar-refractivity contribution < 1.29 is 14.6 Å². The fraction of sp³-hybridized carbons (Fsp3) is 0.684. The van der Waals surface area contributed by atoms with Gasteiger partial charge in [-0.1, -0.05) is 12.5 Å². The lowest BCUT2D eigenvalue weighted by Crippen LogP contribution is -2.38. The van der Waals surface area contributed by atoms with Gasteiger partial charge >= 0.3 is 0 Å². The number of nitrogens with zero attached hydrogens (tertiary/aromatic N) is 1. The van der Waals surface area contributed by atoms with Gasteiger partial charge in [-0.25, -0.2) is 0 Å². The maximum atomic E-state index is 10.3. The maximum absolute atomic E-state index is 10.3. The summed E-state index contributed by atoms with van der Waals surface area (Å²) in [6, 6.07) is 5.97. The smallest absolute Gasteiger partial charge is 0.161 e. The summed E-state index contributed by atoms with van der Waals surface area (Å²) >= 11 is 1.83. The Balaban J connectivity index is 1.83. The normalized spacial score (nSPS) is 16.6. The van der Waals surface area contributed by atoms with Crippen LogP contribution in [0.5, 0.6) is 11.5 Å². The van der Waals surface area contributed by atoms with E-state index in [2.05, 4.69) is 16.5 Å². The lowest BCUT2D eigenvalue weighted by atomic mass is 10.1. The predicted octanol–water partition coefficient (Wildman–Crippen LogP) is 2.37. The molecule has 1 saturated heterocycles. The van der Waals surface area contributed by atoms with Gasteiger partial charge in [0.2, 0.25) is 0 Å². The Bertz CT molecular complexity index is 496. The number of ether oxygens (including phenoxy) is 2. The number of nitrogens with one attached hydrogen (secondary N) is 1. The van der Waals surface area contributed by atoms with E-state index >= 15 is 0 Å². The molecule has 142 valence electrons. The molecule has 5 nitrogen and oxygen atoms in total. The Morgan fingerprint density at radius 3 is 2.76 bits per heavy atom. The van der Waals surface area contributed by atoms with E-state index in [1.165, 1.54) is 19.3 Å². The fourth-order valence-electron chi connectivity index (χ4n) is 3.03. The highest BCUT2D eigenvalue weighted by atomic mass is 32.2. The molecule has 6 heteroatoms. The fourth-order valence-corrected chi connectivity index (χ4v) is 3.38.